The Bertz CT molecular complexity index is 379. The number of aromatic hydroxyl groups is 1. The van der Waals surface area contributed by atoms with Crippen molar-refractivity contribution in [2.45, 2.75) is 13.0 Å². The van der Waals surface area contributed by atoms with Crippen LogP contribution in [0, 0.1) is 10.1 Å². The molecule has 0 aromatic heterocycles. The second-order valence-corrected chi connectivity index (χ2v) is 3.32. The number of hydrogen-bond acceptors (Lipinski definition) is 4. The summed E-state index contributed by atoms with van der Waals surface area (Å²) in [7, 11) is 0. The maximum absolute atomic E-state index is 10.5. The third-order valence-electron chi connectivity index (χ3n) is 1.78. The van der Waals surface area contributed by atoms with Gasteiger partial charge in [0.25, 0.3) is 5.69 Å². The maximum Gasteiger partial charge on any atom is 0.288 e. The number of nitrogens with zero attached hydrogens (tertiary/aromatic N) is 1. The predicted octanol–water partition coefficient (Wildman–Crippen LogP) is 1.97. The van der Waals surface area contributed by atoms with Gasteiger partial charge in [0.2, 0.25) is 0 Å². The van der Waals surface area contributed by atoms with E-state index in [1.165, 1.54) is 6.07 Å². The molecule has 14 heavy (non-hydrogen) atoms. The van der Waals surface area contributed by atoms with Gasteiger partial charge < -0.3 is 10.8 Å². The van der Waals surface area contributed by atoms with Crippen molar-refractivity contribution in [3.8, 4) is 5.75 Å². The van der Waals surface area contributed by atoms with Crippen molar-refractivity contribution in [1.82, 2.24) is 0 Å². The molecule has 1 atom stereocenters. The molecule has 0 fully saturated rings. The van der Waals surface area contributed by atoms with Crippen LogP contribution < -0.4 is 5.73 Å². The molecule has 0 aliphatic carbocycles. The fraction of sp³-hybridized carbons (Fsp3) is 0.250. The lowest BCUT2D eigenvalue weighted by molar-refractivity contribution is -0.384. The van der Waals surface area contributed by atoms with Crippen molar-refractivity contribution in [3.05, 3.63) is 32.8 Å². The van der Waals surface area contributed by atoms with E-state index in [2.05, 4.69) is 0 Å². The Balaban J connectivity index is 3.34. The minimum absolute atomic E-state index is 0.100. The topological polar surface area (TPSA) is 89.4 Å². The molecular weight excluding hydrogens is 208 g/mol. The van der Waals surface area contributed by atoms with Gasteiger partial charge in [-0.3, -0.25) is 10.1 Å². The zero-order valence-corrected chi connectivity index (χ0v) is 8.15. The van der Waals surface area contributed by atoms with Gasteiger partial charge in [-0.1, -0.05) is 11.6 Å². The molecule has 0 amide bonds. The van der Waals surface area contributed by atoms with E-state index in [4.69, 9.17) is 17.3 Å². The van der Waals surface area contributed by atoms with Gasteiger partial charge in [-0.25, -0.2) is 0 Å². The number of halogens is 1. The normalized spacial score (nSPS) is 12.5. The highest BCUT2D eigenvalue weighted by Gasteiger charge is 2.18. The van der Waals surface area contributed by atoms with Gasteiger partial charge in [-0.05, 0) is 6.92 Å². The van der Waals surface area contributed by atoms with Crippen LogP contribution in [0.25, 0.3) is 0 Å². The van der Waals surface area contributed by atoms with E-state index in [1.807, 2.05) is 0 Å². The number of phenolic OH excluding ortho intramolecular Hbond substituents is 1. The lowest BCUT2D eigenvalue weighted by atomic mass is 10.1. The number of hydrogen-bond donors (Lipinski definition) is 2. The molecule has 0 heterocycles. The van der Waals surface area contributed by atoms with Crippen LogP contribution in [0.15, 0.2) is 12.1 Å². The summed E-state index contributed by atoms with van der Waals surface area (Å²) in [6, 6.07) is 1.83. The summed E-state index contributed by atoms with van der Waals surface area (Å²) in [5.41, 5.74) is 5.56. The molecule has 0 aliphatic heterocycles. The SMILES string of the molecule is CC(N)c1cc([N+](=O)[O-])c(Cl)cc1O. The van der Waals surface area contributed by atoms with Crippen LogP contribution in [0.4, 0.5) is 5.69 Å². The first kappa shape index (κ1) is 10.7. The lowest BCUT2D eigenvalue weighted by Crippen LogP contribution is -2.06. The van der Waals surface area contributed by atoms with Crippen LogP contribution in [-0.2, 0) is 0 Å². The van der Waals surface area contributed by atoms with Crippen LogP contribution >= 0.6 is 11.6 Å². The van der Waals surface area contributed by atoms with Gasteiger partial charge in [-0.15, -0.1) is 0 Å². The van der Waals surface area contributed by atoms with Crippen molar-refractivity contribution >= 4 is 17.3 Å². The molecular formula is C8H9ClN2O3. The summed E-state index contributed by atoms with van der Waals surface area (Å²) >= 11 is 5.56. The van der Waals surface area contributed by atoms with Crippen molar-refractivity contribution in [1.29, 1.82) is 0 Å². The van der Waals surface area contributed by atoms with Gasteiger partial charge in [0.1, 0.15) is 10.8 Å². The quantitative estimate of drug-likeness (QED) is 0.584. The van der Waals surface area contributed by atoms with E-state index in [-0.39, 0.29) is 16.5 Å². The molecule has 5 nitrogen and oxygen atoms in total. The number of nitrogens with two attached hydrogens (primary N) is 1. The first-order valence-corrected chi connectivity index (χ1v) is 4.23. The summed E-state index contributed by atoms with van der Waals surface area (Å²) in [4.78, 5) is 9.89. The van der Waals surface area contributed by atoms with Gasteiger partial charge in [0.05, 0.1) is 4.92 Å². The minimum atomic E-state index is -0.617. The average Bonchev–Trinajstić information content (AvgIpc) is 2.02. The maximum atomic E-state index is 10.5. The predicted molar refractivity (Wildman–Crippen MR) is 52.4 cm³/mol. The lowest BCUT2D eigenvalue weighted by Gasteiger charge is -2.08. The standard InChI is InChI=1S/C8H9ClN2O3/c1-4(10)5-2-7(11(13)14)6(9)3-8(5)12/h2-4,12H,10H2,1H3. The van der Waals surface area contributed by atoms with E-state index in [1.54, 1.807) is 6.92 Å². The van der Waals surface area contributed by atoms with Crippen LogP contribution in [0.5, 0.6) is 5.75 Å². The van der Waals surface area contributed by atoms with Gasteiger partial charge >= 0.3 is 0 Å². The van der Waals surface area contributed by atoms with E-state index in [9.17, 15) is 15.2 Å². The van der Waals surface area contributed by atoms with Crippen molar-refractivity contribution in [2.75, 3.05) is 0 Å². The third kappa shape index (κ3) is 1.94. The Labute approximate surface area is 85.3 Å². The zero-order valence-electron chi connectivity index (χ0n) is 7.40. The van der Waals surface area contributed by atoms with Crippen LogP contribution in [0.2, 0.25) is 5.02 Å². The molecule has 1 unspecified atom stereocenters. The summed E-state index contributed by atoms with van der Waals surface area (Å²) in [5, 5.41) is 19.8. The van der Waals surface area contributed by atoms with Crippen LogP contribution in [0.1, 0.15) is 18.5 Å². The molecule has 1 aromatic carbocycles. The highest BCUT2D eigenvalue weighted by Crippen LogP contribution is 2.33. The molecule has 3 N–H and O–H groups in total. The highest BCUT2D eigenvalue weighted by atomic mass is 35.5. The van der Waals surface area contributed by atoms with E-state index >= 15 is 0 Å². The minimum Gasteiger partial charge on any atom is -0.508 e. The monoisotopic (exact) mass is 216 g/mol. The number of benzene rings is 1. The van der Waals surface area contributed by atoms with Gasteiger partial charge in [0, 0.05) is 23.7 Å². The summed E-state index contributed by atoms with van der Waals surface area (Å²) in [6.07, 6.45) is 0. The van der Waals surface area contributed by atoms with Crippen molar-refractivity contribution in [3.63, 3.8) is 0 Å². The molecule has 0 saturated heterocycles. The molecule has 0 aliphatic rings. The van der Waals surface area contributed by atoms with Crippen molar-refractivity contribution in [2.24, 2.45) is 5.73 Å². The number of nitro benzene ring substituents is 1. The number of nitro groups is 1. The Hall–Kier alpha value is -1.33. The second kappa shape index (κ2) is 3.81. The van der Waals surface area contributed by atoms with Crippen LogP contribution in [-0.4, -0.2) is 10.0 Å². The summed E-state index contributed by atoms with van der Waals surface area (Å²) in [5.74, 6) is -0.129. The van der Waals surface area contributed by atoms with E-state index in [0.717, 1.165) is 6.07 Å². The largest absolute Gasteiger partial charge is 0.508 e. The van der Waals surface area contributed by atoms with Gasteiger partial charge in [-0.2, -0.15) is 0 Å². The molecule has 0 spiro atoms. The Morgan fingerprint density at radius 1 is 1.64 bits per heavy atom. The first-order chi connectivity index (χ1) is 6.43. The summed E-state index contributed by atoms with van der Waals surface area (Å²) in [6.45, 7) is 1.62. The molecule has 1 rings (SSSR count). The molecule has 76 valence electrons. The van der Waals surface area contributed by atoms with E-state index < -0.39 is 11.0 Å². The fourth-order valence-electron chi connectivity index (χ4n) is 1.07. The van der Waals surface area contributed by atoms with Gasteiger partial charge in [0.15, 0.2) is 0 Å². The highest BCUT2D eigenvalue weighted by molar-refractivity contribution is 6.32. The summed E-state index contributed by atoms with van der Waals surface area (Å²) < 4.78 is 0. The molecule has 1 aromatic rings. The fourth-order valence-corrected chi connectivity index (χ4v) is 1.30. The Kier molecular flexibility index (Phi) is 2.93. The van der Waals surface area contributed by atoms with Crippen molar-refractivity contribution < 1.29 is 10.0 Å². The molecule has 0 saturated carbocycles. The average molecular weight is 217 g/mol. The molecule has 6 heteroatoms. The molecule has 0 radical (unpaired) electrons. The number of phenols is 1. The Morgan fingerprint density at radius 3 is 2.64 bits per heavy atom. The Morgan fingerprint density at radius 2 is 2.21 bits per heavy atom. The molecule has 0 bridgehead atoms. The second-order valence-electron chi connectivity index (χ2n) is 2.91. The smallest absolute Gasteiger partial charge is 0.288 e. The zero-order chi connectivity index (χ0) is 10.9. The third-order valence-corrected chi connectivity index (χ3v) is 2.09. The van der Waals surface area contributed by atoms with Crippen LogP contribution in [0.3, 0.4) is 0 Å². The number of rotatable bonds is 2. The van der Waals surface area contributed by atoms with E-state index in [0.29, 0.717) is 5.56 Å². The first-order valence-electron chi connectivity index (χ1n) is 3.86.